The molecule has 1 heterocycles. The topological polar surface area (TPSA) is 30.0 Å². The van der Waals surface area contributed by atoms with Gasteiger partial charge >= 0.3 is 0 Å². The summed E-state index contributed by atoms with van der Waals surface area (Å²) in [6.07, 6.45) is 5.12. The molecule has 0 atom stereocenters. The van der Waals surface area contributed by atoms with Crippen LogP contribution in [0.15, 0.2) is 30.5 Å². The van der Waals surface area contributed by atoms with Gasteiger partial charge in [0.05, 0.1) is 4.88 Å². The van der Waals surface area contributed by atoms with Crippen LogP contribution in [-0.4, -0.2) is 11.3 Å². The van der Waals surface area contributed by atoms with Crippen molar-refractivity contribution >= 4 is 17.6 Å². The zero-order chi connectivity index (χ0) is 11.0. The third kappa shape index (κ3) is 1.78. The number of carbonyl (C=O) groups is 1. The molecular weight excluding hydrogens is 218 g/mol. The normalized spacial score (nSPS) is 15.0. The Bertz CT molecular complexity index is 511. The second kappa shape index (κ2) is 3.83. The lowest BCUT2D eigenvalue weighted by Crippen LogP contribution is -1.79. The van der Waals surface area contributed by atoms with Crippen LogP contribution in [0.2, 0.25) is 0 Å². The molecule has 1 aliphatic rings. The molecule has 1 aromatic heterocycles. The quantitative estimate of drug-likeness (QED) is 0.754. The number of carbonyl (C=O) groups excluding carboxylic acids is 1. The van der Waals surface area contributed by atoms with Crippen molar-refractivity contribution in [3.63, 3.8) is 0 Å². The van der Waals surface area contributed by atoms with Gasteiger partial charge in [0, 0.05) is 11.8 Å². The van der Waals surface area contributed by atoms with Crippen molar-refractivity contribution < 1.29 is 4.79 Å². The molecule has 2 nitrogen and oxygen atoms in total. The van der Waals surface area contributed by atoms with E-state index in [2.05, 4.69) is 29.2 Å². The smallest absolute Gasteiger partial charge is 0.161 e. The van der Waals surface area contributed by atoms with Gasteiger partial charge in [-0.05, 0) is 24.3 Å². The number of aldehydes is 1. The van der Waals surface area contributed by atoms with E-state index in [0.29, 0.717) is 4.88 Å². The highest BCUT2D eigenvalue weighted by atomic mass is 32.1. The molecule has 80 valence electrons. The first-order valence-corrected chi connectivity index (χ1v) is 6.20. The third-order valence-electron chi connectivity index (χ3n) is 2.85. The number of hydrogen-bond donors (Lipinski definition) is 0. The molecule has 0 radical (unpaired) electrons. The number of aromatic nitrogens is 1. The second-order valence-electron chi connectivity index (χ2n) is 4.08. The summed E-state index contributed by atoms with van der Waals surface area (Å²) in [5.74, 6) is 0.788. The molecule has 3 rings (SSSR count). The maximum absolute atomic E-state index is 10.6. The molecule has 1 fully saturated rings. The van der Waals surface area contributed by atoms with Gasteiger partial charge in [-0.1, -0.05) is 24.3 Å². The Kier molecular flexibility index (Phi) is 2.33. The van der Waals surface area contributed by atoms with E-state index in [0.717, 1.165) is 22.8 Å². The van der Waals surface area contributed by atoms with Gasteiger partial charge in [-0.25, -0.2) is 4.98 Å². The minimum absolute atomic E-state index is 0.682. The fourth-order valence-electron chi connectivity index (χ4n) is 1.79. The van der Waals surface area contributed by atoms with E-state index in [1.807, 2.05) is 0 Å². The second-order valence-corrected chi connectivity index (χ2v) is 5.14. The molecule has 0 N–H and O–H groups in total. The molecule has 2 aromatic rings. The van der Waals surface area contributed by atoms with E-state index < -0.39 is 0 Å². The van der Waals surface area contributed by atoms with Crippen LogP contribution in [0.4, 0.5) is 0 Å². The van der Waals surface area contributed by atoms with Crippen molar-refractivity contribution in [3.05, 3.63) is 40.9 Å². The highest BCUT2D eigenvalue weighted by Gasteiger charge is 2.23. The lowest BCUT2D eigenvalue weighted by atomic mass is 10.1. The van der Waals surface area contributed by atoms with Gasteiger partial charge in [0.15, 0.2) is 6.29 Å². The first-order chi connectivity index (χ1) is 7.86. The number of benzene rings is 1. The summed E-state index contributed by atoms with van der Waals surface area (Å²) in [5, 5.41) is 0.921. The van der Waals surface area contributed by atoms with E-state index in [9.17, 15) is 4.79 Å². The Labute approximate surface area is 98.0 Å². The molecule has 0 spiro atoms. The highest BCUT2D eigenvalue weighted by Crippen LogP contribution is 2.40. The summed E-state index contributed by atoms with van der Waals surface area (Å²) in [5.41, 5.74) is 2.53. The monoisotopic (exact) mass is 229 g/mol. The summed E-state index contributed by atoms with van der Waals surface area (Å²) in [4.78, 5) is 15.5. The Morgan fingerprint density at radius 1 is 1.25 bits per heavy atom. The molecule has 0 bridgehead atoms. The fraction of sp³-hybridized carbons (Fsp3) is 0.231. The molecule has 0 amide bonds. The van der Waals surface area contributed by atoms with Gasteiger partial charge in [-0.2, -0.15) is 0 Å². The Morgan fingerprint density at radius 3 is 2.56 bits per heavy atom. The van der Waals surface area contributed by atoms with Gasteiger partial charge in [-0.15, -0.1) is 11.3 Å². The molecular formula is C13H11NOS. The highest BCUT2D eigenvalue weighted by molar-refractivity contribution is 7.16. The summed E-state index contributed by atoms with van der Waals surface area (Å²) in [6.45, 7) is 0. The maximum atomic E-state index is 10.6. The number of hydrogen-bond acceptors (Lipinski definition) is 3. The molecule has 0 aliphatic heterocycles. The van der Waals surface area contributed by atoms with Crippen molar-refractivity contribution in [1.82, 2.24) is 4.98 Å². The van der Waals surface area contributed by atoms with Crippen molar-refractivity contribution in [1.29, 1.82) is 0 Å². The molecule has 1 aliphatic carbocycles. The van der Waals surface area contributed by atoms with E-state index in [4.69, 9.17) is 0 Å². The lowest BCUT2D eigenvalue weighted by Gasteiger charge is -1.99. The fourth-order valence-corrected chi connectivity index (χ4v) is 2.53. The first kappa shape index (κ1) is 9.73. The predicted molar refractivity (Wildman–Crippen MR) is 64.9 cm³/mol. The average Bonchev–Trinajstić information content (AvgIpc) is 3.07. The summed E-state index contributed by atoms with van der Waals surface area (Å²) < 4.78 is 0. The third-order valence-corrected chi connectivity index (χ3v) is 3.82. The van der Waals surface area contributed by atoms with Crippen LogP contribution in [0.5, 0.6) is 0 Å². The van der Waals surface area contributed by atoms with Gasteiger partial charge < -0.3 is 0 Å². The minimum Gasteiger partial charge on any atom is -0.297 e. The van der Waals surface area contributed by atoms with Crippen molar-refractivity contribution in [2.75, 3.05) is 0 Å². The SMILES string of the molecule is O=Cc1cnc(-c2ccc(C3CC3)cc2)s1. The summed E-state index contributed by atoms with van der Waals surface area (Å²) in [7, 11) is 0. The number of thiazole rings is 1. The predicted octanol–water partition coefficient (Wildman–Crippen LogP) is 3.50. The Morgan fingerprint density at radius 2 is 2.00 bits per heavy atom. The largest absolute Gasteiger partial charge is 0.297 e. The summed E-state index contributed by atoms with van der Waals surface area (Å²) >= 11 is 1.44. The van der Waals surface area contributed by atoms with Crippen LogP contribution >= 0.6 is 11.3 Å². The Hall–Kier alpha value is -1.48. The van der Waals surface area contributed by atoms with Crippen LogP contribution < -0.4 is 0 Å². The van der Waals surface area contributed by atoms with Gasteiger partial charge in [0.2, 0.25) is 0 Å². The van der Waals surface area contributed by atoms with E-state index in [-0.39, 0.29) is 0 Å². The Balaban J connectivity index is 1.90. The van der Waals surface area contributed by atoms with Crippen LogP contribution in [0, 0.1) is 0 Å². The van der Waals surface area contributed by atoms with Crippen molar-refractivity contribution in [2.45, 2.75) is 18.8 Å². The first-order valence-electron chi connectivity index (χ1n) is 5.38. The standard InChI is InChI=1S/C13H11NOS/c15-8-12-7-14-13(16-12)11-5-3-10(4-6-11)9-1-2-9/h3-9H,1-2H2. The van der Waals surface area contributed by atoms with Crippen LogP contribution in [0.1, 0.15) is 34.0 Å². The van der Waals surface area contributed by atoms with Gasteiger partial charge in [0.25, 0.3) is 0 Å². The van der Waals surface area contributed by atoms with Crippen molar-refractivity contribution in [2.24, 2.45) is 0 Å². The molecule has 16 heavy (non-hydrogen) atoms. The van der Waals surface area contributed by atoms with Crippen LogP contribution in [-0.2, 0) is 0 Å². The van der Waals surface area contributed by atoms with Crippen LogP contribution in [0.25, 0.3) is 10.6 Å². The number of rotatable bonds is 3. The van der Waals surface area contributed by atoms with E-state index in [1.54, 1.807) is 6.20 Å². The molecule has 0 unspecified atom stereocenters. The lowest BCUT2D eigenvalue weighted by molar-refractivity contribution is 0.112. The van der Waals surface area contributed by atoms with Gasteiger partial charge in [0.1, 0.15) is 5.01 Å². The number of nitrogens with zero attached hydrogens (tertiary/aromatic N) is 1. The minimum atomic E-state index is 0.682. The van der Waals surface area contributed by atoms with Gasteiger partial charge in [-0.3, -0.25) is 4.79 Å². The zero-order valence-electron chi connectivity index (χ0n) is 8.72. The molecule has 0 saturated heterocycles. The van der Waals surface area contributed by atoms with Crippen LogP contribution in [0.3, 0.4) is 0 Å². The summed E-state index contributed by atoms with van der Waals surface area (Å²) in [6, 6.07) is 8.55. The molecule has 1 aromatic carbocycles. The van der Waals surface area contributed by atoms with Crippen molar-refractivity contribution in [3.8, 4) is 10.6 Å². The zero-order valence-corrected chi connectivity index (χ0v) is 9.54. The average molecular weight is 229 g/mol. The molecule has 1 saturated carbocycles. The molecule has 3 heteroatoms. The van der Waals surface area contributed by atoms with E-state index in [1.165, 1.54) is 29.7 Å². The van der Waals surface area contributed by atoms with E-state index >= 15 is 0 Å². The maximum Gasteiger partial charge on any atom is 0.161 e.